The molecular formula is C18H31N5O. The van der Waals surface area contributed by atoms with Gasteiger partial charge in [0, 0.05) is 25.2 Å². The molecule has 0 spiro atoms. The summed E-state index contributed by atoms with van der Waals surface area (Å²) in [7, 11) is 0. The van der Waals surface area contributed by atoms with Crippen LogP contribution in [0.25, 0.3) is 0 Å². The lowest BCUT2D eigenvalue weighted by atomic mass is 9.87. The number of hydrogen-bond acceptors (Lipinski definition) is 6. The monoisotopic (exact) mass is 333 g/mol. The second kappa shape index (κ2) is 7.40. The molecule has 0 bridgehead atoms. The van der Waals surface area contributed by atoms with Gasteiger partial charge in [-0.05, 0) is 77.4 Å². The fraction of sp³-hybridized carbons (Fsp3) is 0.889. The van der Waals surface area contributed by atoms with Crippen LogP contribution in [0.15, 0.2) is 4.52 Å². The Bertz CT molecular complexity index is 519. The molecule has 0 aliphatic carbocycles. The number of likely N-dealkylation sites (tertiary alicyclic amines) is 1. The molecule has 3 saturated heterocycles. The molecule has 0 saturated carbocycles. The quantitative estimate of drug-likeness (QED) is 0.915. The molecule has 4 heterocycles. The summed E-state index contributed by atoms with van der Waals surface area (Å²) in [6.07, 6.45) is 9.26. The second-order valence-electron chi connectivity index (χ2n) is 7.77. The predicted molar refractivity (Wildman–Crippen MR) is 94.2 cm³/mol. The van der Waals surface area contributed by atoms with E-state index in [9.17, 15) is 0 Å². The SMILES string of the molecule is Cc1noc(N2CCCC(N3CCC([C@@H]4CCCN4)CC3)CC2)n1. The minimum absolute atomic E-state index is 0.708. The molecule has 1 aromatic rings. The molecule has 0 radical (unpaired) electrons. The van der Waals surface area contributed by atoms with Crippen LogP contribution in [-0.4, -0.2) is 59.8 Å². The first-order valence-electron chi connectivity index (χ1n) is 9.82. The molecule has 1 unspecified atom stereocenters. The Morgan fingerprint density at radius 3 is 2.58 bits per heavy atom. The number of aromatic nitrogens is 2. The summed E-state index contributed by atoms with van der Waals surface area (Å²) >= 11 is 0. The van der Waals surface area contributed by atoms with Gasteiger partial charge in [-0.2, -0.15) is 4.98 Å². The number of anilines is 1. The lowest BCUT2D eigenvalue weighted by Crippen LogP contribution is -2.45. The van der Waals surface area contributed by atoms with Gasteiger partial charge in [0.2, 0.25) is 0 Å². The van der Waals surface area contributed by atoms with Gasteiger partial charge >= 0.3 is 6.01 Å². The minimum atomic E-state index is 0.708. The zero-order valence-electron chi connectivity index (χ0n) is 14.9. The Morgan fingerprint density at radius 2 is 1.88 bits per heavy atom. The Morgan fingerprint density at radius 1 is 1.00 bits per heavy atom. The van der Waals surface area contributed by atoms with Crippen molar-refractivity contribution in [3.8, 4) is 0 Å². The zero-order chi connectivity index (χ0) is 16.4. The maximum absolute atomic E-state index is 5.36. The maximum atomic E-state index is 5.36. The Hall–Kier alpha value is -1.14. The summed E-state index contributed by atoms with van der Waals surface area (Å²) in [5.41, 5.74) is 0. The molecule has 1 N–H and O–H groups in total. The van der Waals surface area contributed by atoms with Gasteiger partial charge in [-0.1, -0.05) is 5.16 Å². The number of piperidine rings is 1. The summed E-state index contributed by atoms with van der Waals surface area (Å²) < 4.78 is 5.36. The van der Waals surface area contributed by atoms with Crippen molar-refractivity contribution in [3.63, 3.8) is 0 Å². The van der Waals surface area contributed by atoms with Gasteiger partial charge in [0.25, 0.3) is 0 Å². The van der Waals surface area contributed by atoms with Crippen LogP contribution in [0, 0.1) is 12.8 Å². The van der Waals surface area contributed by atoms with Crippen molar-refractivity contribution in [1.29, 1.82) is 0 Å². The van der Waals surface area contributed by atoms with Crippen molar-refractivity contribution >= 4 is 6.01 Å². The summed E-state index contributed by atoms with van der Waals surface area (Å²) in [5.74, 6) is 1.64. The van der Waals surface area contributed by atoms with Crippen LogP contribution in [0.2, 0.25) is 0 Å². The number of hydrogen-bond donors (Lipinski definition) is 1. The van der Waals surface area contributed by atoms with Crippen LogP contribution in [-0.2, 0) is 0 Å². The van der Waals surface area contributed by atoms with Gasteiger partial charge in [0.1, 0.15) is 0 Å². The van der Waals surface area contributed by atoms with Gasteiger partial charge in [0.15, 0.2) is 5.82 Å². The Labute approximate surface area is 145 Å². The summed E-state index contributed by atoms with van der Waals surface area (Å²) in [6, 6.07) is 2.24. The fourth-order valence-electron chi connectivity index (χ4n) is 4.85. The van der Waals surface area contributed by atoms with E-state index < -0.39 is 0 Å². The number of nitrogens with one attached hydrogen (secondary N) is 1. The molecule has 24 heavy (non-hydrogen) atoms. The molecule has 2 atom stereocenters. The third kappa shape index (κ3) is 3.59. The predicted octanol–water partition coefficient (Wildman–Crippen LogP) is 2.20. The average molecular weight is 333 g/mol. The van der Waals surface area contributed by atoms with E-state index in [2.05, 4.69) is 25.3 Å². The number of aryl methyl sites for hydroxylation is 1. The first kappa shape index (κ1) is 16.3. The highest BCUT2D eigenvalue weighted by atomic mass is 16.5. The lowest BCUT2D eigenvalue weighted by Gasteiger charge is -2.39. The third-order valence-corrected chi connectivity index (χ3v) is 6.24. The molecule has 1 aromatic heterocycles. The minimum Gasteiger partial charge on any atom is -0.324 e. The van der Waals surface area contributed by atoms with Crippen LogP contribution in [0.4, 0.5) is 6.01 Å². The highest BCUT2D eigenvalue weighted by Gasteiger charge is 2.31. The Balaban J connectivity index is 1.28. The number of nitrogens with zero attached hydrogens (tertiary/aromatic N) is 4. The van der Waals surface area contributed by atoms with Crippen molar-refractivity contribution in [1.82, 2.24) is 20.4 Å². The van der Waals surface area contributed by atoms with Crippen molar-refractivity contribution < 1.29 is 4.52 Å². The fourth-order valence-corrected chi connectivity index (χ4v) is 4.85. The van der Waals surface area contributed by atoms with Crippen molar-refractivity contribution in [2.75, 3.05) is 37.6 Å². The van der Waals surface area contributed by atoms with E-state index in [0.29, 0.717) is 6.01 Å². The molecule has 3 fully saturated rings. The van der Waals surface area contributed by atoms with E-state index in [-0.39, 0.29) is 0 Å². The first-order valence-corrected chi connectivity index (χ1v) is 9.82. The zero-order valence-corrected chi connectivity index (χ0v) is 14.9. The smallest absolute Gasteiger partial charge is 0.324 e. The van der Waals surface area contributed by atoms with Crippen LogP contribution >= 0.6 is 0 Å². The molecule has 3 aliphatic rings. The topological polar surface area (TPSA) is 57.4 Å². The van der Waals surface area contributed by atoms with Crippen LogP contribution < -0.4 is 10.2 Å². The number of rotatable bonds is 3. The van der Waals surface area contributed by atoms with E-state index in [4.69, 9.17) is 4.52 Å². The third-order valence-electron chi connectivity index (χ3n) is 6.24. The molecule has 6 nitrogen and oxygen atoms in total. The highest BCUT2D eigenvalue weighted by molar-refractivity contribution is 5.25. The standard InChI is InChI=1S/C18H31N5O/c1-14-20-18(24-21-14)23-10-3-4-16(8-13-23)22-11-6-15(7-12-22)17-5-2-9-19-17/h15-17,19H,2-13H2,1H3/t16?,17-/m0/s1. The summed E-state index contributed by atoms with van der Waals surface area (Å²) in [4.78, 5) is 9.43. The molecule has 3 aliphatic heterocycles. The van der Waals surface area contributed by atoms with Crippen molar-refractivity contribution in [3.05, 3.63) is 5.82 Å². The average Bonchev–Trinajstić information content (AvgIpc) is 3.22. The van der Waals surface area contributed by atoms with Crippen LogP contribution in [0.5, 0.6) is 0 Å². The lowest BCUT2D eigenvalue weighted by molar-refractivity contribution is 0.111. The van der Waals surface area contributed by atoms with Gasteiger partial charge in [-0.3, -0.25) is 0 Å². The van der Waals surface area contributed by atoms with Gasteiger partial charge in [-0.25, -0.2) is 0 Å². The van der Waals surface area contributed by atoms with Crippen molar-refractivity contribution in [2.45, 2.75) is 64.0 Å². The largest absolute Gasteiger partial charge is 0.324 e. The van der Waals surface area contributed by atoms with E-state index in [1.54, 1.807) is 0 Å². The van der Waals surface area contributed by atoms with Gasteiger partial charge in [-0.15, -0.1) is 0 Å². The van der Waals surface area contributed by atoms with Gasteiger partial charge < -0.3 is 19.6 Å². The molecule has 0 aromatic carbocycles. The molecule has 134 valence electrons. The Kier molecular flexibility index (Phi) is 5.03. The molecule has 4 rings (SSSR count). The maximum Gasteiger partial charge on any atom is 0.324 e. The van der Waals surface area contributed by atoms with E-state index in [0.717, 1.165) is 36.9 Å². The molecule has 6 heteroatoms. The van der Waals surface area contributed by atoms with E-state index in [1.165, 1.54) is 64.6 Å². The first-order chi connectivity index (χ1) is 11.8. The van der Waals surface area contributed by atoms with Crippen LogP contribution in [0.3, 0.4) is 0 Å². The second-order valence-corrected chi connectivity index (χ2v) is 7.77. The van der Waals surface area contributed by atoms with E-state index >= 15 is 0 Å². The van der Waals surface area contributed by atoms with Gasteiger partial charge in [0.05, 0.1) is 0 Å². The normalized spacial score (nSPS) is 30.6. The van der Waals surface area contributed by atoms with Crippen LogP contribution in [0.1, 0.15) is 50.8 Å². The van der Waals surface area contributed by atoms with Crippen molar-refractivity contribution in [2.24, 2.45) is 5.92 Å². The molecule has 0 amide bonds. The summed E-state index contributed by atoms with van der Waals surface area (Å²) in [5, 5.41) is 7.64. The highest BCUT2D eigenvalue weighted by Crippen LogP contribution is 2.29. The summed E-state index contributed by atoms with van der Waals surface area (Å²) in [6.45, 7) is 7.77. The van der Waals surface area contributed by atoms with E-state index in [1.807, 2.05) is 6.92 Å². The molecular weight excluding hydrogens is 302 g/mol.